The van der Waals surface area contributed by atoms with Gasteiger partial charge in [-0.15, -0.1) is 0 Å². The Hall–Kier alpha value is -2.25. The molecule has 0 N–H and O–H groups in total. The summed E-state index contributed by atoms with van der Waals surface area (Å²) in [6, 6.07) is 0. The van der Waals surface area contributed by atoms with Gasteiger partial charge in [-0.1, -0.05) is 12.7 Å². The van der Waals surface area contributed by atoms with Crippen molar-refractivity contribution in [1.82, 2.24) is 0 Å². The number of carbonyl (C=O) groups is 3. The van der Waals surface area contributed by atoms with Crippen LogP contribution in [0.1, 0.15) is 54.4 Å². The normalized spacial score (nSPS) is 38.3. The number of carbonyl (C=O) groups excluding carboxylic acids is 3. The summed E-state index contributed by atoms with van der Waals surface area (Å²) in [7, 11) is 0. The summed E-state index contributed by atoms with van der Waals surface area (Å²) in [6.45, 7) is 14.4. The Morgan fingerprint density at radius 3 is 2.60 bits per heavy atom. The van der Waals surface area contributed by atoms with Gasteiger partial charge in [0.1, 0.15) is 12.2 Å². The molecule has 7 heteroatoms. The van der Waals surface area contributed by atoms with E-state index in [4.69, 9.17) is 18.9 Å². The Bertz CT molecular complexity index is 850. The van der Waals surface area contributed by atoms with Gasteiger partial charge < -0.3 is 18.9 Å². The van der Waals surface area contributed by atoms with Crippen LogP contribution in [0.15, 0.2) is 35.5 Å². The van der Waals surface area contributed by atoms with Crippen molar-refractivity contribution in [2.45, 2.75) is 84.1 Å². The number of allylic oxidation sites excluding steroid dienone is 2. The molecule has 2 heterocycles. The quantitative estimate of drug-likeness (QED) is 0.503. The highest BCUT2D eigenvalue weighted by atomic mass is 16.8. The van der Waals surface area contributed by atoms with E-state index in [-0.39, 0.29) is 24.2 Å². The molecule has 1 aliphatic carbocycles. The molecule has 164 valence electrons. The van der Waals surface area contributed by atoms with Crippen LogP contribution in [0.2, 0.25) is 0 Å². The number of fused-ring (bicyclic) bond motifs is 2. The second kappa shape index (κ2) is 7.78. The number of hydrogen-bond donors (Lipinski definition) is 0. The fourth-order valence-electron chi connectivity index (χ4n) is 4.39. The number of ketones is 1. The summed E-state index contributed by atoms with van der Waals surface area (Å²) in [4.78, 5) is 37.7. The monoisotopic (exact) mass is 418 g/mol. The highest BCUT2D eigenvalue weighted by Gasteiger charge is 2.55. The van der Waals surface area contributed by atoms with Gasteiger partial charge in [0, 0.05) is 24.0 Å². The molecule has 2 fully saturated rings. The lowest BCUT2D eigenvalue weighted by Crippen LogP contribution is -2.46. The van der Waals surface area contributed by atoms with Gasteiger partial charge in [-0.25, -0.2) is 9.59 Å². The van der Waals surface area contributed by atoms with Crippen molar-refractivity contribution in [2.75, 3.05) is 0 Å². The van der Waals surface area contributed by atoms with Gasteiger partial charge in [0.05, 0.1) is 17.6 Å². The molecule has 0 unspecified atom stereocenters. The van der Waals surface area contributed by atoms with Gasteiger partial charge in [-0.3, -0.25) is 4.79 Å². The van der Waals surface area contributed by atoms with Crippen molar-refractivity contribution >= 4 is 17.7 Å². The summed E-state index contributed by atoms with van der Waals surface area (Å²) in [6.07, 6.45) is 1.60. The minimum absolute atomic E-state index is 0.111. The predicted molar refractivity (Wildman–Crippen MR) is 108 cm³/mol. The van der Waals surface area contributed by atoms with E-state index in [0.29, 0.717) is 11.1 Å². The molecule has 0 amide bonds. The minimum Gasteiger partial charge on any atom is -0.458 e. The third-order valence-electron chi connectivity index (χ3n) is 6.09. The van der Waals surface area contributed by atoms with Crippen LogP contribution in [0.3, 0.4) is 0 Å². The van der Waals surface area contributed by atoms with Crippen LogP contribution < -0.4 is 0 Å². The van der Waals surface area contributed by atoms with E-state index < -0.39 is 47.6 Å². The zero-order valence-electron chi connectivity index (χ0n) is 18.4. The third kappa shape index (κ3) is 4.14. The molecule has 5 atom stereocenters. The molecular formula is C23H30O7. The summed E-state index contributed by atoms with van der Waals surface area (Å²) in [5.41, 5.74) is 0.209. The SMILES string of the molecule is C=C1C(=O)O[C@@H]2/C=C(\C)C(=O)C[C@H]3OC(C)(C)O[C@]3(C)C[C@@H](OC(=O)/C(C)=C/C)[C@@H]12. The van der Waals surface area contributed by atoms with Crippen molar-refractivity contribution in [3.8, 4) is 0 Å². The largest absolute Gasteiger partial charge is 0.458 e. The molecule has 3 rings (SSSR count). The molecule has 0 aromatic heterocycles. The second-order valence-electron chi connectivity index (χ2n) is 8.94. The van der Waals surface area contributed by atoms with Crippen LogP contribution >= 0.6 is 0 Å². The van der Waals surface area contributed by atoms with E-state index >= 15 is 0 Å². The van der Waals surface area contributed by atoms with E-state index in [1.54, 1.807) is 46.8 Å². The Morgan fingerprint density at radius 2 is 1.97 bits per heavy atom. The summed E-state index contributed by atoms with van der Waals surface area (Å²) in [5.74, 6) is -2.69. The average Bonchev–Trinajstić information content (AvgIpc) is 3.04. The highest BCUT2D eigenvalue weighted by Crippen LogP contribution is 2.45. The van der Waals surface area contributed by atoms with Gasteiger partial charge in [0.25, 0.3) is 0 Å². The molecule has 30 heavy (non-hydrogen) atoms. The molecule has 0 saturated carbocycles. The third-order valence-corrected chi connectivity index (χ3v) is 6.09. The minimum atomic E-state index is -0.915. The van der Waals surface area contributed by atoms with Gasteiger partial charge in [0.15, 0.2) is 11.6 Å². The average molecular weight is 418 g/mol. The molecule has 2 saturated heterocycles. The fraction of sp³-hybridized carbons (Fsp3) is 0.609. The van der Waals surface area contributed by atoms with E-state index in [0.717, 1.165) is 0 Å². The van der Waals surface area contributed by atoms with Crippen LogP contribution in [0.4, 0.5) is 0 Å². The molecule has 0 bridgehead atoms. The molecule has 0 radical (unpaired) electrons. The van der Waals surface area contributed by atoms with Crippen molar-refractivity contribution < 1.29 is 33.3 Å². The summed E-state index contributed by atoms with van der Waals surface area (Å²) < 4.78 is 23.6. The van der Waals surface area contributed by atoms with Crippen LogP contribution in [-0.4, -0.2) is 47.4 Å². The van der Waals surface area contributed by atoms with Crippen LogP contribution in [0, 0.1) is 5.92 Å². The molecule has 7 nitrogen and oxygen atoms in total. The maximum absolute atomic E-state index is 12.8. The summed E-state index contributed by atoms with van der Waals surface area (Å²) in [5, 5.41) is 0. The fourth-order valence-corrected chi connectivity index (χ4v) is 4.39. The van der Waals surface area contributed by atoms with Crippen molar-refractivity contribution in [1.29, 1.82) is 0 Å². The number of esters is 2. The Morgan fingerprint density at radius 1 is 1.30 bits per heavy atom. The van der Waals surface area contributed by atoms with Gasteiger partial charge >= 0.3 is 11.9 Å². The molecule has 2 aliphatic heterocycles. The van der Waals surface area contributed by atoms with E-state index in [1.807, 2.05) is 6.92 Å². The van der Waals surface area contributed by atoms with E-state index in [2.05, 4.69) is 6.58 Å². The van der Waals surface area contributed by atoms with Crippen molar-refractivity contribution in [2.24, 2.45) is 5.92 Å². The lowest BCUT2D eigenvalue weighted by Gasteiger charge is -2.36. The molecule has 3 aliphatic rings. The first-order chi connectivity index (χ1) is 13.9. The lowest BCUT2D eigenvalue weighted by molar-refractivity contribution is -0.171. The number of hydrogen-bond acceptors (Lipinski definition) is 7. The van der Waals surface area contributed by atoms with E-state index in [9.17, 15) is 14.4 Å². The van der Waals surface area contributed by atoms with Crippen molar-refractivity contribution in [3.05, 3.63) is 35.5 Å². The standard InChI is InChI=1S/C23H30O7/c1-8-12(2)20(25)28-17-11-23(7)18(29-22(5,6)30-23)10-15(24)13(3)9-16-19(17)14(4)21(26)27-16/h8-9,16-19H,4,10-11H2,1-3,5-7H3/b12-8+,13-9+/t16-,17-,18-,19+,23-/m1/s1. The van der Waals surface area contributed by atoms with Gasteiger partial charge in [-0.2, -0.15) is 0 Å². The number of Topliss-reactive ketones (excluding diaryl/α,β-unsaturated/α-hetero) is 1. The molecule has 0 aromatic carbocycles. The zero-order chi connectivity index (χ0) is 22.4. The zero-order valence-corrected chi connectivity index (χ0v) is 18.4. The van der Waals surface area contributed by atoms with Gasteiger partial charge in [-0.05, 0) is 53.2 Å². The summed E-state index contributed by atoms with van der Waals surface area (Å²) >= 11 is 0. The Balaban J connectivity index is 2.09. The lowest BCUT2D eigenvalue weighted by atomic mass is 9.79. The van der Waals surface area contributed by atoms with Crippen molar-refractivity contribution in [3.63, 3.8) is 0 Å². The maximum atomic E-state index is 12.8. The van der Waals surface area contributed by atoms with Crippen LogP contribution in [0.25, 0.3) is 0 Å². The topological polar surface area (TPSA) is 88.1 Å². The van der Waals surface area contributed by atoms with E-state index in [1.165, 1.54) is 0 Å². The Kier molecular flexibility index (Phi) is 5.82. The highest BCUT2D eigenvalue weighted by molar-refractivity contribution is 5.96. The Labute approximate surface area is 177 Å². The van der Waals surface area contributed by atoms with Gasteiger partial charge in [0.2, 0.25) is 0 Å². The first-order valence-electron chi connectivity index (χ1n) is 10.2. The number of ether oxygens (including phenoxy) is 4. The van der Waals surface area contributed by atoms with Crippen LogP contribution in [0.5, 0.6) is 0 Å². The molecule has 0 aromatic rings. The molecule has 0 spiro atoms. The first kappa shape index (κ1) is 22.4. The maximum Gasteiger partial charge on any atom is 0.334 e. The predicted octanol–water partition coefficient (Wildman–Crippen LogP) is 3.18. The smallest absolute Gasteiger partial charge is 0.334 e. The van der Waals surface area contributed by atoms with Crippen LogP contribution in [-0.2, 0) is 33.3 Å². The molecular weight excluding hydrogens is 388 g/mol. The first-order valence-corrected chi connectivity index (χ1v) is 10.2. The second-order valence-corrected chi connectivity index (χ2v) is 8.94. The number of rotatable bonds is 2.